The maximum absolute atomic E-state index is 12.3. The summed E-state index contributed by atoms with van der Waals surface area (Å²) in [5.41, 5.74) is 1.11. The molecular weight excluding hydrogens is 354 g/mol. The molecule has 1 saturated heterocycles. The minimum Gasteiger partial charge on any atom is -0.508 e. The molecule has 3 rings (SSSR count). The zero-order chi connectivity index (χ0) is 19.8. The van der Waals surface area contributed by atoms with Gasteiger partial charge in [0.25, 0.3) is 5.91 Å². The van der Waals surface area contributed by atoms with Gasteiger partial charge in [0.05, 0.1) is 0 Å². The maximum atomic E-state index is 12.3. The average molecular weight is 377 g/mol. The molecule has 0 radical (unpaired) electrons. The number of hydrogen-bond donors (Lipinski definition) is 2. The van der Waals surface area contributed by atoms with Crippen LogP contribution < -0.4 is 10.2 Å². The largest absolute Gasteiger partial charge is 0.508 e. The molecule has 1 fully saturated rings. The molecule has 1 aromatic carbocycles. The number of phenols is 1. The first kappa shape index (κ1) is 19.2. The standard InChI is InChI=1S/C21H23N5O2/c22-15-18(21(28)24-10-8-17-4-6-19(27)7-5-17)16-25-11-13-26(14-12-25)20-3-1-2-9-23-20/h1-7,9,16,27H,8,10-14H2,(H,24,28)/b18-16-. The lowest BCUT2D eigenvalue weighted by atomic mass is 10.1. The third-order valence-electron chi connectivity index (χ3n) is 4.60. The monoisotopic (exact) mass is 377 g/mol. The molecule has 144 valence electrons. The van der Waals surface area contributed by atoms with Crippen molar-refractivity contribution in [3.63, 3.8) is 0 Å². The van der Waals surface area contributed by atoms with Crippen LogP contribution in [0.25, 0.3) is 0 Å². The van der Waals surface area contributed by atoms with E-state index in [9.17, 15) is 15.2 Å². The normalized spacial score (nSPS) is 14.5. The molecule has 7 nitrogen and oxygen atoms in total. The number of nitrogens with one attached hydrogen (secondary N) is 1. The first-order valence-corrected chi connectivity index (χ1v) is 9.24. The summed E-state index contributed by atoms with van der Waals surface area (Å²) in [6.07, 6.45) is 4.05. The Balaban J connectivity index is 1.48. The fraction of sp³-hybridized carbons (Fsp3) is 0.286. The highest BCUT2D eigenvalue weighted by Gasteiger charge is 2.18. The van der Waals surface area contributed by atoms with Gasteiger partial charge in [-0.3, -0.25) is 4.79 Å². The minimum absolute atomic E-state index is 0.108. The number of nitrogens with zero attached hydrogens (tertiary/aromatic N) is 4. The van der Waals surface area contributed by atoms with Crippen LogP contribution >= 0.6 is 0 Å². The number of aromatic hydroxyl groups is 1. The SMILES string of the molecule is N#C/C(=C/N1CCN(c2ccccn2)CC1)C(=O)NCCc1ccc(O)cc1. The Morgan fingerprint density at radius 2 is 1.93 bits per heavy atom. The number of carbonyl (C=O) groups excluding carboxylic acids is 1. The summed E-state index contributed by atoms with van der Waals surface area (Å²) in [6, 6.07) is 14.7. The number of aromatic nitrogens is 1. The summed E-state index contributed by atoms with van der Waals surface area (Å²) in [5, 5.41) is 21.4. The number of phenolic OH excluding ortho intramolecular Hbond substituents is 1. The van der Waals surface area contributed by atoms with Gasteiger partial charge in [0.15, 0.2) is 0 Å². The van der Waals surface area contributed by atoms with E-state index in [-0.39, 0.29) is 17.2 Å². The molecule has 0 atom stereocenters. The number of piperazine rings is 1. The van der Waals surface area contributed by atoms with E-state index in [2.05, 4.69) is 15.2 Å². The second-order valence-corrected chi connectivity index (χ2v) is 6.54. The summed E-state index contributed by atoms with van der Waals surface area (Å²) in [5.74, 6) is 0.790. The van der Waals surface area contributed by atoms with E-state index in [1.165, 1.54) is 0 Å². The average Bonchev–Trinajstić information content (AvgIpc) is 2.74. The van der Waals surface area contributed by atoms with Gasteiger partial charge in [-0.15, -0.1) is 0 Å². The predicted octanol–water partition coefficient (Wildman–Crippen LogP) is 1.68. The van der Waals surface area contributed by atoms with Crippen LogP contribution in [-0.2, 0) is 11.2 Å². The van der Waals surface area contributed by atoms with Crippen molar-refractivity contribution in [1.82, 2.24) is 15.2 Å². The van der Waals surface area contributed by atoms with Crippen LogP contribution in [0.15, 0.2) is 60.4 Å². The molecule has 28 heavy (non-hydrogen) atoms. The van der Waals surface area contributed by atoms with Gasteiger partial charge >= 0.3 is 0 Å². The second kappa shape index (κ2) is 9.42. The van der Waals surface area contributed by atoms with Crippen molar-refractivity contribution >= 4 is 11.7 Å². The molecule has 0 unspecified atom stereocenters. The number of carbonyl (C=O) groups is 1. The van der Waals surface area contributed by atoms with Crippen LogP contribution in [0.4, 0.5) is 5.82 Å². The van der Waals surface area contributed by atoms with E-state index in [1.807, 2.05) is 41.3 Å². The lowest BCUT2D eigenvalue weighted by Gasteiger charge is -2.34. The Bertz CT molecular complexity index is 851. The van der Waals surface area contributed by atoms with Gasteiger partial charge in [0.2, 0.25) is 0 Å². The highest BCUT2D eigenvalue weighted by Crippen LogP contribution is 2.13. The Morgan fingerprint density at radius 3 is 2.57 bits per heavy atom. The number of hydrogen-bond acceptors (Lipinski definition) is 6. The molecule has 1 aliphatic heterocycles. The summed E-state index contributed by atoms with van der Waals surface area (Å²) in [6.45, 7) is 3.45. The predicted molar refractivity (Wildman–Crippen MR) is 107 cm³/mol. The molecule has 2 N–H and O–H groups in total. The van der Waals surface area contributed by atoms with Gasteiger partial charge in [0, 0.05) is 45.1 Å². The van der Waals surface area contributed by atoms with Crippen LogP contribution in [0, 0.1) is 11.3 Å². The van der Waals surface area contributed by atoms with Crippen molar-refractivity contribution in [1.29, 1.82) is 5.26 Å². The fourth-order valence-electron chi connectivity index (χ4n) is 3.02. The summed E-state index contributed by atoms with van der Waals surface area (Å²) >= 11 is 0. The van der Waals surface area contributed by atoms with Crippen LogP contribution in [0.1, 0.15) is 5.56 Å². The van der Waals surface area contributed by atoms with Gasteiger partial charge in [-0.25, -0.2) is 4.98 Å². The Hall–Kier alpha value is -3.53. The van der Waals surface area contributed by atoms with Gasteiger partial charge < -0.3 is 20.2 Å². The summed E-state index contributed by atoms with van der Waals surface area (Å²) in [4.78, 5) is 20.8. The molecule has 7 heteroatoms. The quantitative estimate of drug-likeness (QED) is 0.588. The molecule has 0 spiro atoms. The highest BCUT2D eigenvalue weighted by molar-refractivity contribution is 5.97. The van der Waals surface area contributed by atoms with Gasteiger partial charge in [-0.05, 0) is 36.2 Å². The van der Waals surface area contributed by atoms with E-state index in [4.69, 9.17) is 0 Å². The van der Waals surface area contributed by atoms with E-state index in [1.54, 1.807) is 24.5 Å². The Morgan fingerprint density at radius 1 is 1.18 bits per heavy atom. The Labute approximate surface area is 164 Å². The van der Waals surface area contributed by atoms with Crippen LogP contribution in [0.3, 0.4) is 0 Å². The van der Waals surface area contributed by atoms with Crippen molar-refractivity contribution in [3.8, 4) is 11.8 Å². The second-order valence-electron chi connectivity index (χ2n) is 6.54. The number of nitriles is 1. The van der Waals surface area contributed by atoms with Crippen molar-refractivity contribution in [2.45, 2.75) is 6.42 Å². The van der Waals surface area contributed by atoms with E-state index in [0.29, 0.717) is 13.0 Å². The molecular formula is C21H23N5O2. The zero-order valence-corrected chi connectivity index (χ0v) is 15.6. The first-order chi connectivity index (χ1) is 13.7. The topological polar surface area (TPSA) is 92.5 Å². The van der Waals surface area contributed by atoms with Crippen LogP contribution in [-0.4, -0.2) is 53.6 Å². The molecule has 1 aliphatic rings. The lowest BCUT2D eigenvalue weighted by molar-refractivity contribution is -0.117. The smallest absolute Gasteiger partial charge is 0.263 e. The zero-order valence-electron chi connectivity index (χ0n) is 15.6. The van der Waals surface area contributed by atoms with Crippen LogP contribution in [0.2, 0.25) is 0 Å². The van der Waals surface area contributed by atoms with Crippen molar-refractivity contribution in [3.05, 3.63) is 66.0 Å². The van der Waals surface area contributed by atoms with E-state index in [0.717, 1.165) is 37.6 Å². The summed E-state index contributed by atoms with van der Waals surface area (Å²) in [7, 11) is 0. The third-order valence-corrected chi connectivity index (χ3v) is 4.60. The lowest BCUT2D eigenvalue weighted by Crippen LogP contribution is -2.44. The summed E-state index contributed by atoms with van der Waals surface area (Å²) < 4.78 is 0. The minimum atomic E-state index is -0.367. The highest BCUT2D eigenvalue weighted by atomic mass is 16.3. The molecule has 0 bridgehead atoms. The number of rotatable bonds is 6. The maximum Gasteiger partial charge on any atom is 0.263 e. The van der Waals surface area contributed by atoms with Gasteiger partial charge in [-0.2, -0.15) is 5.26 Å². The molecule has 1 amide bonds. The van der Waals surface area contributed by atoms with Crippen LogP contribution in [0.5, 0.6) is 5.75 Å². The molecule has 1 aromatic heterocycles. The van der Waals surface area contributed by atoms with Crippen molar-refractivity contribution in [2.75, 3.05) is 37.6 Å². The van der Waals surface area contributed by atoms with Gasteiger partial charge in [-0.1, -0.05) is 18.2 Å². The van der Waals surface area contributed by atoms with Crippen molar-refractivity contribution < 1.29 is 9.90 Å². The number of anilines is 1. The number of pyridine rings is 1. The fourth-order valence-corrected chi connectivity index (χ4v) is 3.02. The Kier molecular flexibility index (Phi) is 6.47. The van der Waals surface area contributed by atoms with E-state index < -0.39 is 0 Å². The van der Waals surface area contributed by atoms with E-state index >= 15 is 0 Å². The third kappa shape index (κ3) is 5.24. The number of amides is 1. The molecule has 0 saturated carbocycles. The number of benzene rings is 1. The molecule has 2 aromatic rings. The molecule has 2 heterocycles. The molecule has 0 aliphatic carbocycles. The first-order valence-electron chi connectivity index (χ1n) is 9.24. The van der Waals surface area contributed by atoms with Gasteiger partial charge in [0.1, 0.15) is 23.2 Å². The van der Waals surface area contributed by atoms with Crippen molar-refractivity contribution in [2.24, 2.45) is 0 Å².